The average Bonchev–Trinajstić information content (AvgIpc) is 2.87. The maximum absolute atomic E-state index is 11.9. The summed E-state index contributed by atoms with van der Waals surface area (Å²) in [5.74, 6) is -0.750. The van der Waals surface area contributed by atoms with Crippen LogP contribution in [0, 0.1) is 6.92 Å². The van der Waals surface area contributed by atoms with Crippen LogP contribution in [0.3, 0.4) is 0 Å². The van der Waals surface area contributed by atoms with E-state index in [1.165, 1.54) is 12.1 Å². The lowest BCUT2D eigenvalue weighted by molar-refractivity contribution is 0.0696. The lowest BCUT2D eigenvalue weighted by Crippen LogP contribution is -2.14. The maximum Gasteiger partial charge on any atom is 0.335 e. The number of nitrogens with zero attached hydrogens (tertiary/aromatic N) is 2. The van der Waals surface area contributed by atoms with Gasteiger partial charge in [0.1, 0.15) is 5.82 Å². The molecule has 1 amide bonds. The van der Waals surface area contributed by atoms with Crippen molar-refractivity contribution >= 4 is 17.6 Å². The number of hydrogen-bond acceptors (Lipinski definition) is 4. The number of aryl methyl sites for hydroxylation is 2. The molecule has 0 atom stereocenters. The van der Waals surface area contributed by atoms with Gasteiger partial charge in [-0.25, -0.2) is 9.78 Å². The van der Waals surface area contributed by atoms with E-state index in [9.17, 15) is 9.59 Å². The molecule has 0 bridgehead atoms. The van der Waals surface area contributed by atoms with Crippen LogP contribution in [0.1, 0.15) is 39.3 Å². The normalized spacial score (nSPS) is 10.3. The van der Waals surface area contributed by atoms with Gasteiger partial charge in [-0.15, -0.1) is 5.10 Å². The smallest absolute Gasteiger partial charge is 0.335 e. The average molecular weight is 274 g/mol. The van der Waals surface area contributed by atoms with Crippen LogP contribution in [0.2, 0.25) is 0 Å². The molecule has 2 aromatic rings. The summed E-state index contributed by atoms with van der Waals surface area (Å²) in [6.45, 7) is 3.57. The van der Waals surface area contributed by atoms with Crippen molar-refractivity contribution in [1.29, 1.82) is 0 Å². The van der Waals surface area contributed by atoms with Crippen molar-refractivity contribution in [3.05, 3.63) is 41.0 Å². The van der Waals surface area contributed by atoms with Crippen LogP contribution < -0.4 is 5.32 Å². The van der Waals surface area contributed by atoms with E-state index in [2.05, 4.69) is 20.5 Å². The highest BCUT2D eigenvalue weighted by Gasteiger charge is 2.13. The number of carbonyl (C=O) groups excluding carboxylic acids is 1. The van der Waals surface area contributed by atoms with Gasteiger partial charge in [0.05, 0.1) is 5.56 Å². The Morgan fingerprint density at radius 1 is 1.40 bits per heavy atom. The number of aromatic carboxylic acids is 1. The molecule has 3 N–H and O–H groups in total. The molecule has 0 aliphatic heterocycles. The lowest BCUT2D eigenvalue weighted by Gasteiger charge is -2.06. The maximum atomic E-state index is 11.9. The molecule has 0 saturated carbocycles. The van der Waals surface area contributed by atoms with Crippen LogP contribution in [-0.2, 0) is 6.42 Å². The molecule has 7 nitrogen and oxygen atoms in total. The Hall–Kier alpha value is -2.70. The van der Waals surface area contributed by atoms with Crippen molar-refractivity contribution < 1.29 is 14.7 Å². The molecular formula is C13H14N4O3. The van der Waals surface area contributed by atoms with Gasteiger partial charge in [-0.05, 0) is 30.7 Å². The number of rotatable bonds is 4. The topological polar surface area (TPSA) is 108 Å². The number of aromatic amines is 1. The minimum atomic E-state index is -0.998. The van der Waals surface area contributed by atoms with Crippen LogP contribution in [0.25, 0.3) is 0 Å². The fraction of sp³-hybridized carbons (Fsp3) is 0.231. The molecule has 0 spiro atoms. The third kappa shape index (κ3) is 2.82. The fourth-order valence-electron chi connectivity index (χ4n) is 1.72. The summed E-state index contributed by atoms with van der Waals surface area (Å²) in [5.41, 5.74) is 1.27. The third-order valence-electron chi connectivity index (χ3n) is 2.78. The predicted molar refractivity (Wildman–Crippen MR) is 71.9 cm³/mol. The number of hydrogen-bond donors (Lipinski definition) is 3. The second-order valence-corrected chi connectivity index (χ2v) is 4.25. The van der Waals surface area contributed by atoms with Crippen molar-refractivity contribution in [3.8, 4) is 0 Å². The van der Waals surface area contributed by atoms with Gasteiger partial charge >= 0.3 is 5.97 Å². The van der Waals surface area contributed by atoms with Gasteiger partial charge in [0.25, 0.3) is 5.91 Å². The zero-order valence-corrected chi connectivity index (χ0v) is 11.1. The first-order valence-electron chi connectivity index (χ1n) is 6.07. The summed E-state index contributed by atoms with van der Waals surface area (Å²) in [6, 6.07) is 4.57. The molecule has 1 heterocycles. The first kappa shape index (κ1) is 13.7. The number of H-pyrrole nitrogens is 1. The van der Waals surface area contributed by atoms with Crippen LogP contribution >= 0.6 is 0 Å². The molecule has 7 heteroatoms. The van der Waals surface area contributed by atoms with Gasteiger partial charge in [0, 0.05) is 12.1 Å². The van der Waals surface area contributed by atoms with E-state index in [1.54, 1.807) is 13.0 Å². The van der Waals surface area contributed by atoms with Gasteiger partial charge in [-0.3, -0.25) is 9.89 Å². The molecule has 0 saturated heterocycles. The van der Waals surface area contributed by atoms with Gasteiger partial charge in [0.15, 0.2) is 0 Å². The van der Waals surface area contributed by atoms with E-state index < -0.39 is 11.9 Å². The molecule has 0 fully saturated rings. The van der Waals surface area contributed by atoms with Crippen molar-refractivity contribution in [2.24, 2.45) is 0 Å². The number of amides is 1. The molecule has 104 valence electrons. The van der Waals surface area contributed by atoms with E-state index >= 15 is 0 Å². The minimum absolute atomic E-state index is 0.0572. The molecule has 2 rings (SSSR count). The number of aromatic nitrogens is 3. The van der Waals surface area contributed by atoms with Crippen LogP contribution in [0.15, 0.2) is 18.2 Å². The minimum Gasteiger partial charge on any atom is -0.478 e. The number of carboxylic acids is 1. The van der Waals surface area contributed by atoms with E-state index in [4.69, 9.17) is 5.11 Å². The van der Waals surface area contributed by atoms with Crippen molar-refractivity contribution in [3.63, 3.8) is 0 Å². The second kappa shape index (κ2) is 5.52. The third-order valence-corrected chi connectivity index (χ3v) is 2.78. The summed E-state index contributed by atoms with van der Waals surface area (Å²) in [6.07, 6.45) is 0.659. The van der Waals surface area contributed by atoms with Crippen LogP contribution in [-0.4, -0.2) is 32.2 Å². The molecule has 1 aromatic carbocycles. The van der Waals surface area contributed by atoms with Crippen molar-refractivity contribution in [2.75, 3.05) is 5.32 Å². The van der Waals surface area contributed by atoms with Crippen molar-refractivity contribution in [1.82, 2.24) is 15.2 Å². The fourth-order valence-corrected chi connectivity index (χ4v) is 1.72. The van der Waals surface area contributed by atoms with Gasteiger partial charge in [0.2, 0.25) is 5.82 Å². The van der Waals surface area contributed by atoms with E-state index in [0.717, 1.165) is 0 Å². The Morgan fingerprint density at radius 3 is 2.70 bits per heavy atom. The lowest BCUT2D eigenvalue weighted by atomic mass is 10.1. The summed E-state index contributed by atoms with van der Waals surface area (Å²) >= 11 is 0. The number of carboxylic acid groups (broad SMARTS) is 1. The molecule has 20 heavy (non-hydrogen) atoms. The Morgan fingerprint density at radius 2 is 2.15 bits per heavy atom. The number of carbonyl (C=O) groups is 2. The second-order valence-electron chi connectivity index (χ2n) is 4.25. The summed E-state index contributed by atoms with van der Waals surface area (Å²) in [5, 5.41) is 18.0. The molecule has 0 radical (unpaired) electrons. The number of benzene rings is 1. The first-order chi connectivity index (χ1) is 9.51. The quantitative estimate of drug-likeness (QED) is 0.785. The molecule has 0 unspecified atom stereocenters. The molecular weight excluding hydrogens is 260 g/mol. The van der Waals surface area contributed by atoms with Gasteiger partial charge in [-0.2, -0.15) is 0 Å². The highest BCUT2D eigenvalue weighted by molar-refractivity contribution is 6.02. The van der Waals surface area contributed by atoms with Crippen molar-refractivity contribution in [2.45, 2.75) is 20.3 Å². The molecule has 0 aliphatic carbocycles. The van der Waals surface area contributed by atoms with Crippen LogP contribution in [0.4, 0.5) is 5.69 Å². The Balaban J connectivity index is 2.15. The Labute approximate surface area is 115 Å². The zero-order valence-electron chi connectivity index (χ0n) is 11.1. The van der Waals surface area contributed by atoms with E-state index in [0.29, 0.717) is 23.5 Å². The van der Waals surface area contributed by atoms with Gasteiger partial charge < -0.3 is 10.4 Å². The van der Waals surface area contributed by atoms with Crippen LogP contribution in [0.5, 0.6) is 0 Å². The Bertz CT molecular complexity index is 663. The zero-order chi connectivity index (χ0) is 14.7. The number of nitrogens with one attached hydrogen (secondary N) is 2. The Kier molecular flexibility index (Phi) is 3.79. The van der Waals surface area contributed by atoms with E-state index in [1.807, 2.05) is 6.92 Å². The summed E-state index contributed by atoms with van der Waals surface area (Å²) < 4.78 is 0. The predicted octanol–water partition coefficient (Wildman–Crippen LogP) is 1.63. The summed E-state index contributed by atoms with van der Waals surface area (Å²) in [4.78, 5) is 26.8. The monoisotopic (exact) mass is 274 g/mol. The highest BCUT2D eigenvalue weighted by atomic mass is 16.4. The highest BCUT2D eigenvalue weighted by Crippen LogP contribution is 2.15. The largest absolute Gasteiger partial charge is 0.478 e. The number of anilines is 1. The first-order valence-corrected chi connectivity index (χ1v) is 6.07. The summed E-state index contributed by atoms with van der Waals surface area (Å²) in [7, 11) is 0. The standard InChI is InChI=1S/C13H14N4O3/c1-3-10-15-11(17-16-10)12(18)14-8-4-5-9(13(19)20)7(2)6-8/h4-6H,3H2,1-2H3,(H,14,18)(H,19,20)(H,15,16,17). The SMILES string of the molecule is CCc1nc(C(=O)Nc2ccc(C(=O)O)c(C)c2)n[nH]1. The van der Waals surface area contributed by atoms with Gasteiger partial charge in [-0.1, -0.05) is 6.92 Å². The molecule has 0 aliphatic rings. The molecule has 1 aromatic heterocycles. The van der Waals surface area contributed by atoms with E-state index in [-0.39, 0.29) is 11.4 Å².